The quantitative estimate of drug-likeness (QED) is 0.0918. The van der Waals surface area contributed by atoms with Crippen molar-refractivity contribution in [3.63, 3.8) is 0 Å². The van der Waals surface area contributed by atoms with Crippen LogP contribution < -0.4 is 10.6 Å². The maximum Gasteiger partial charge on any atom is 0.313 e. The normalized spacial score (nSPS) is 22.3. The molecule has 384 valence electrons. The second kappa shape index (κ2) is 32.7. The monoisotopic (exact) mass is 931 g/mol. The highest BCUT2D eigenvalue weighted by atomic mass is 16.8. The topological polar surface area (TPSA) is 175 Å². The third kappa shape index (κ3) is 28.8. The van der Waals surface area contributed by atoms with Crippen molar-refractivity contribution in [3.8, 4) is 0 Å². The van der Waals surface area contributed by atoms with Crippen molar-refractivity contribution in [2.24, 2.45) is 16.2 Å². The van der Waals surface area contributed by atoms with E-state index in [1.807, 2.05) is 62.3 Å². The molecule has 3 rings (SSSR count). The summed E-state index contributed by atoms with van der Waals surface area (Å²) in [7, 11) is 8.57. The molecule has 4 N–H and O–H groups in total. The van der Waals surface area contributed by atoms with E-state index in [2.05, 4.69) is 68.2 Å². The third-order valence-electron chi connectivity index (χ3n) is 12.9. The summed E-state index contributed by atoms with van der Waals surface area (Å²) in [5.74, 6) is -0.905. The molecule has 3 saturated heterocycles. The number of likely N-dealkylation sites (N-methyl/N-ethyl adjacent to an activating group) is 4. The molecular weight excluding hydrogens is 833 g/mol. The average Bonchev–Trinajstić information content (AvgIpc) is 4.08. The van der Waals surface area contributed by atoms with Gasteiger partial charge in [-0.15, -0.1) is 0 Å². The van der Waals surface area contributed by atoms with E-state index in [0.717, 1.165) is 111 Å². The highest BCUT2D eigenvalue weighted by Crippen LogP contribution is 2.25. The van der Waals surface area contributed by atoms with Crippen LogP contribution in [0.25, 0.3) is 0 Å². The van der Waals surface area contributed by atoms with Crippen LogP contribution in [0.4, 0.5) is 0 Å². The molecule has 0 spiro atoms. The summed E-state index contributed by atoms with van der Waals surface area (Å²) in [6.45, 7) is 33.8. The molecule has 0 aromatic carbocycles. The Bertz CT molecular complexity index is 1200. The van der Waals surface area contributed by atoms with Crippen LogP contribution in [0.2, 0.25) is 0 Å². The minimum Gasteiger partial charge on any atom is -0.434 e. The minimum atomic E-state index is -1.15. The first kappa shape index (κ1) is 61.0. The molecule has 0 aromatic heterocycles. The van der Waals surface area contributed by atoms with Crippen LogP contribution in [0, 0.1) is 16.2 Å². The molecule has 17 nitrogen and oxygen atoms in total. The van der Waals surface area contributed by atoms with Gasteiger partial charge in [-0.25, -0.2) is 0 Å². The summed E-state index contributed by atoms with van der Waals surface area (Å²) < 4.78 is 20.4. The number of carbonyl (C=O) groups excluding carboxylic acids is 3. The summed E-state index contributed by atoms with van der Waals surface area (Å²) >= 11 is 0. The van der Waals surface area contributed by atoms with Crippen LogP contribution >= 0.6 is 0 Å². The smallest absolute Gasteiger partial charge is 0.313 e. The van der Waals surface area contributed by atoms with Gasteiger partial charge in [-0.3, -0.25) is 24.2 Å². The second-order valence-corrected chi connectivity index (χ2v) is 20.3. The van der Waals surface area contributed by atoms with Gasteiger partial charge in [0.2, 0.25) is 18.9 Å². The highest BCUT2D eigenvalue weighted by Gasteiger charge is 2.35. The van der Waals surface area contributed by atoms with E-state index in [0.29, 0.717) is 32.5 Å². The number of hydrogen-bond donors (Lipinski definition) is 4. The van der Waals surface area contributed by atoms with Gasteiger partial charge in [-0.2, -0.15) is 0 Å². The van der Waals surface area contributed by atoms with Crippen LogP contribution in [-0.2, 0) is 33.3 Å². The number of nitrogens with zero attached hydrogens (tertiary/aromatic N) is 6. The first-order valence-corrected chi connectivity index (χ1v) is 24.8. The Morgan fingerprint density at radius 3 is 1.22 bits per heavy atom. The van der Waals surface area contributed by atoms with Crippen molar-refractivity contribution in [2.45, 2.75) is 126 Å². The standard InChI is InChI=1S/C28H56N4O6.C12H28N4.C8H14O3/c1-9-27(3,4)25(35)37-23(33)21-31-15-11-13-30(8)18-20-32(16-12-14-29(7)17-19-31)22-24(34)38-26(36)28(5,6)10-2;1-15-9-3-5-14-8-12-16(2)10-4-6-13-7-11-15;1-4-8(2,3)7(9)11-6-5-10-6/h23-24,33-34H,9-22H2,1-8H3;13-14H,3-12H2,1-2H3;6H,4-5H2,1-3H3. The fourth-order valence-corrected chi connectivity index (χ4v) is 6.43. The fraction of sp³-hybridized carbons (Fsp3) is 0.938. The number of esters is 3. The molecule has 3 atom stereocenters. The van der Waals surface area contributed by atoms with Gasteiger partial charge in [0.1, 0.15) is 6.61 Å². The van der Waals surface area contributed by atoms with Gasteiger partial charge in [0.05, 0.1) is 29.3 Å². The highest BCUT2D eigenvalue weighted by molar-refractivity contribution is 5.76. The number of rotatable bonds is 13. The summed E-state index contributed by atoms with van der Waals surface area (Å²) in [4.78, 5) is 49.6. The maximum absolute atomic E-state index is 12.4. The van der Waals surface area contributed by atoms with Crippen molar-refractivity contribution in [1.82, 2.24) is 40.0 Å². The van der Waals surface area contributed by atoms with Gasteiger partial charge in [-0.05, 0) is 167 Å². The third-order valence-corrected chi connectivity index (χ3v) is 12.9. The Hall–Kier alpha value is -2.03. The number of β-amino-alcohol motifs (C(OH)–C–C–N with tert-alkyl or cyclic N) is 2. The minimum absolute atomic E-state index is 0.164. The van der Waals surface area contributed by atoms with Crippen molar-refractivity contribution in [1.29, 1.82) is 0 Å². The SMILES string of the molecule is CCC(C)(C)C(=O)OC(O)CN1CCCN(C)CCN(CC(O)OC(=O)C(C)(C)CC)CCCN(C)CC1.CCC(C)(C)C(=O)OC1CO1.CN1CCCNCCN(C)CCCNCC1. The molecule has 3 fully saturated rings. The molecule has 3 aliphatic heterocycles. The first-order valence-electron chi connectivity index (χ1n) is 24.8. The molecule has 0 bridgehead atoms. The number of hydrogen-bond acceptors (Lipinski definition) is 17. The van der Waals surface area contributed by atoms with Crippen molar-refractivity contribution < 1.29 is 43.5 Å². The lowest BCUT2D eigenvalue weighted by Crippen LogP contribution is -2.44. The van der Waals surface area contributed by atoms with E-state index in [9.17, 15) is 24.6 Å². The number of epoxide rings is 1. The molecular formula is C48H98N8O9. The van der Waals surface area contributed by atoms with Gasteiger partial charge in [0, 0.05) is 52.4 Å². The summed E-state index contributed by atoms with van der Waals surface area (Å²) in [6.07, 6.45) is 3.86. The molecule has 0 aromatic rings. The summed E-state index contributed by atoms with van der Waals surface area (Å²) in [6, 6.07) is 0. The molecule has 0 saturated carbocycles. The van der Waals surface area contributed by atoms with Crippen LogP contribution in [0.1, 0.15) is 107 Å². The molecule has 65 heavy (non-hydrogen) atoms. The van der Waals surface area contributed by atoms with E-state index >= 15 is 0 Å². The number of carbonyl (C=O) groups is 3. The lowest BCUT2D eigenvalue weighted by molar-refractivity contribution is -0.182. The Labute approximate surface area is 395 Å². The Kier molecular flexibility index (Phi) is 30.7. The van der Waals surface area contributed by atoms with E-state index in [4.69, 9.17) is 18.9 Å². The molecule has 0 radical (unpaired) electrons. The van der Waals surface area contributed by atoms with Crippen LogP contribution in [0.15, 0.2) is 0 Å². The lowest BCUT2D eigenvalue weighted by Gasteiger charge is -2.31. The molecule has 17 heteroatoms. The van der Waals surface area contributed by atoms with E-state index in [1.165, 1.54) is 25.9 Å². The zero-order valence-electron chi connectivity index (χ0n) is 43.6. The van der Waals surface area contributed by atoms with Gasteiger partial charge in [0.25, 0.3) is 0 Å². The zero-order valence-corrected chi connectivity index (χ0v) is 43.6. The Morgan fingerprint density at radius 2 is 0.862 bits per heavy atom. The Morgan fingerprint density at radius 1 is 0.523 bits per heavy atom. The molecule has 3 unspecified atom stereocenters. The molecule has 0 aliphatic carbocycles. The maximum atomic E-state index is 12.4. The molecule has 3 heterocycles. The van der Waals surface area contributed by atoms with Gasteiger partial charge in [-0.1, -0.05) is 20.8 Å². The van der Waals surface area contributed by atoms with Crippen molar-refractivity contribution in [3.05, 3.63) is 0 Å². The predicted octanol–water partition coefficient (Wildman–Crippen LogP) is 2.99. The van der Waals surface area contributed by atoms with Gasteiger partial charge >= 0.3 is 17.9 Å². The first-order chi connectivity index (χ1) is 30.5. The fourth-order valence-electron chi connectivity index (χ4n) is 6.43. The predicted molar refractivity (Wildman–Crippen MR) is 259 cm³/mol. The lowest BCUT2D eigenvalue weighted by atomic mass is 9.91. The Balaban J connectivity index is 0.000000630. The van der Waals surface area contributed by atoms with Crippen molar-refractivity contribution in [2.75, 3.05) is 153 Å². The summed E-state index contributed by atoms with van der Waals surface area (Å²) in [5, 5.41) is 27.9. The number of aliphatic hydroxyl groups is 2. The molecule has 0 amide bonds. The molecule has 3 aliphatic rings. The number of nitrogens with one attached hydrogen (secondary N) is 2. The number of aliphatic hydroxyl groups excluding tert-OH is 2. The van der Waals surface area contributed by atoms with E-state index in [1.54, 1.807) is 0 Å². The van der Waals surface area contributed by atoms with Gasteiger partial charge < -0.3 is 59.4 Å². The zero-order chi connectivity index (χ0) is 49.1. The average molecular weight is 931 g/mol. The van der Waals surface area contributed by atoms with Crippen LogP contribution in [0.3, 0.4) is 0 Å². The van der Waals surface area contributed by atoms with E-state index < -0.39 is 23.4 Å². The van der Waals surface area contributed by atoms with Gasteiger partial charge in [0.15, 0.2) is 0 Å². The van der Waals surface area contributed by atoms with Crippen LogP contribution in [0.5, 0.6) is 0 Å². The second-order valence-electron chi connectivity index (χ2n) is 20.3. The number of ether oxygens (including phenoxy) is 4. The summed E-state index contributed by atoms with van der Waals surface area (Å²) in [5.41, 5.74) is -1.59. The van der Waals surface area contributed by atoms with E-state index in [-0.39, 0.29) is 29.6 Å². The van der Waals surface area contributed by atoms with Crippen molar-refractivity contribution >= 4 is 17.9 Å². The van der Waals surface area contributed by atoms with Crippen LogP contribution in [-0.4, -0.2) is 229 Å². The largest absolute Gasteiger partial charge is 0.434 e.